The van der Waals surface area contributed by atoms with Crippen LogP contribution < -0.4 is 4.74 Å². The minimum Gasteiger partial charge on any atom is -0.464 e. The van der Waals surface area contributed by atoms with E-state index in [2.05, 4.69) is 0 Å². The summed E-state index contributed by atoms with van der Waals surface area (Å²) in [7, 11) is -4.02. The summed E-state index contributed by atoms with van der Waals surface area (Å²) in [6, 6.07) is 9.12. The summed E-state index contributed by atoms with van der Waals surface area (Å²) >= 11 is 0. The number of phosphoric acid groups is 1. The molecule has 0 bridgehead atoms. The summed E-state index contributed by atoms with van der Waals surface area (Å²) in [5.74, 6) is 0.615. The highest BCUT2D eigenvalue weighted by Gasteiger charge is 2.28. The van der Waals surface area contributed by atoms with Crippen molar-refractivity contribution >= 4 is 7.82 Å². The van der Waals surface area contributed by atoms with Gasteiger partial charge in [0.25, 0.3) is 0 Å². The van der Waals surface area contributed by atoms with Crippen LogP contribution in [-0.4, -0.2) is 17.8 Å². The molecule has 1 aromatic rings. The molecule has 6 heteroatoms. The molecule has 19 heavy (non-hydrogen) atoms. The predicted molar refractivity (Wildman–Crippen MR) is 70.8 cm³/mol. The van der Waals surface area contributed by atoms with Crippen LogP contribution in [0.5, 0.6) is 5.75 Å². The summed E-state index contributed by atoms with van der Waals surface area (Å²) in [5, 5.41) is 0. The number of benzene rings is 1. The standard InChI is InChI=1S/C13H19O5P/c14-19(15)16-11-7-2-1-6-10-13(18-19)17-12-8-4-3-5-9-12/h3-5,8-9,13H,1-2,6-7,10-11H2,(H,14,15). The van der Waals surface area contributed by atoms with Crippen LogP contribution in [0.2, 0.25) is 0 Å². The van der Waals surface area contributed by atoms with Crippen LogP contribution in [0.25, 0.3) is 0 Å². The molecule has 1 saturated heterocycles. The van der Waals surface area contributed by atoms with Crippen molar-refractivity contribution in [2.45, 2.75) is 38.4 Å². The lowest BCUT2D eigenvalue weighted by molar-refractivity contribution is -0.0312. The topological polar surface area (TPSA) is 65.0 Å². The maximum Gasteiger partial charge on any atom is 0.475 e. The summed E-state index contributed by atoms with van der Waals surface area (Å²) in [5.41, 5.74) is 0. The molecule has 0 spiro atoms. The number of hydrogen-bond donors (Lipinski definition) is 1. The second-order valence-corrected chi connectivity index (χ2v) is 5.88. The molecule has 0 saturated carbocycles. The molecule has 1 fully saturated rings. The molecule has 2 atom stereocenters. The van der Waals surface area contributed by atoms with Gasteiger partial charge in [-0.2, -0.15) is 0 Å². The van der Waals surface area contributed by atoms with Gasteiger partial charge in [0.1, 0.15) is 5.75 Å². The molecular weight excluding hydrogens is 267 g/mol. The average Bonchev–Trinajstić information content (AvgIpc) is 2.38. The van der Waals surface area contributed by atoms with Crippen LogP contribution in [-0.2, 0) is 13.6 Å². The fourth-order valence-electron chi connectivity index (χ4n) is 1.91. The summed E-state index contributed by atoms with van der Waals surface area (Å²) in [6.45, 7) is 0.242. The zero-order valence-electron chi connectivity index (χ0n) is 10.7. The van der Waals surface area contributed by atoms with Gasteiger partial charge in [0, 0.05) is 6.42 Å². The molecule has 0 aromatic heterocycles. The molecule has 106 valence electrons. The van der Waals surface area contributed by atoms with Crippen molar-refractivity contribution in [1.29, 1.82) is 0 Å². The lowest BCUT2D eigenvalue weighted by Crippen LogP contribution is -2.20. The summed E-state index contributed by atoms with van der Waals surface area (Å²) in [4.78, 5) is 9.58. The fourth-order valence-corrected chi connectivity index (χ4v) is 2.78. The van der Waals surface area contributed by atoms with Crippen molar-refractivity contribution in [2.75, 3.05) is 6.61 Å². The predicted octanol–water partition coefficient (Wildman–Crippen LogP) is 3.49. The van der Waals surface area contributed by atoms with E-state index >= 15 is 0 Å². The largest absolute Gasteiger partial charge is 0.475 e. The molecule has 1 N–H and O–H groups in total. The fraction of sp³-hybridized carbons (Fsp3) is 0.538. The highest BCUT2D eigenvalue weighted by molar-refractivity contribution is 7.47. The Morgan fingerprint density at radius 1 is 1.16 bits per heavy atom. The second-order valence-electron chi connectivity index (χ2n) is 4.47. The van der Waals surface area contributed by atoms with Crippen molar-refractivity contribution in [3.8, 4) is 5.75 Å². The third-order valence-corrected chi connectivity index (χ3v) is 3.86. The maximum absolute atomic E-state index is 11.7. The van der Waals surface area contributed by atoms with E-state index in [-0.39, 0.29) is 6.61 Å². The Morgan fingerprint density at radius 3 is 2.68 bits per heavy atom. The van der Waals surface area contributed by atoms with Crippen LogP contribution in [0.3, 0.4) is 0 Å². The van der Waals surface area contributed by atoms with E-state index in [0.29, 0.717) is 12.2 Å². The minimum atomic E-state index is -4.02. The van der Waals surface area contributed by atoms with Gasteiger partial charge in [-0.3, -0.25) is 4.52 Å². The van der Waals surface area contributed by atoms with Crippen LogP contribution in [0.4, 0.5) is 0 Å². The van der Waals surface area contributed by atoms with Gasteiger partial charge in [-0.1, -0.05) is 31.0 Å². The summed E-state index contributed by atoms with van der Waals surface area (Å²) in [6.07, 6.45) is 3.52. The third-order valence-electron chi connectivity index (χ3n) is 2.85. The Hall–Kier alpha value is -0.870. The zero-order valence-corrected chi connectivity index (χ0v) is 11.6. The van der Waals surface area contributed by atoms with Gasteiger partial charge >= 0.3 is 7.82 Å². The molecule has 1 aliphatic heterocycles. The second kappa shape index (κ2) is 7.06. The van der Waals surface area contributed by atoms with Gasteiger partial charge < -0.3 is 9.63 Å². The Kier molecular flexibility index (Phi) is 5.40. The average molecular weight is 286 g/mol. The minimum absolute atomic E-state index is 0.242. The van der Waals surface area contributed by atoms with E-state index in [4.69, 9.17) is 13.8 Å². The van der Waals surface area contributed by atoms with E-state index in [1.165, 1.54) is 0 Å². The van der Waals surface area contributed by atoms with E-state index in [1.54, 1.807) is 12.1 Å². The maximum atomic E-state index is 11.7. The Morgan fingerprint density at radius 2 is 1.89 bits per heavy atom. The number of ether oxygens (including phenoxy) is 1. The lowest BCUT2D eigenvalue weighted by Gasteiger charge is -2.23. The Bertz CT molecular complexity index is 422. The molecule has 0 aliphatic carbocycles. The number of rotatable bonds is 2. The van der Waals surface area contributed by atoms with Crippen molar-refractivity contribution < 1.29 is 23.2 Å². The van der Waals surface area contributed by atoms with Crippen LogP contribution >= 0.6 is 7.82 Å². The van der Waals surface area contributed by atoms with E-state index in [1.807, 2.05) is 18.2 Å². The van der Waals surface area contributed by atoms with Gasteiger partial charge in [-0.25, -0.2) is 9.09 Å². The highest BCUT2D eigenvalue weighted by Crippen LogP contribution is 2.46. The van der Waals surface area contributed by atoms with Crippen LogP contribution in [0.1, 0.15) is 32.1 Å². The van der Waals surface area contributed by atoms with Crippen LogP contribution in [0.15, 0.2) is 30.3 Å². The van der Waals surface area contributed by atoms with Gasteiger partial charge in [0.2, 0.25) is 6.29 Å². The molecule has 2 rings (SSSR count). The van der Waals surface area contributed by atoms with Crippen molar-refractivity contribution in [3.63, 3.8) is 0 Å². The zero-order chi connectivity index (χ0) is 13.6. The normalized spacial score (nSPS) is 29.6. The molecule has 5 nitrogen and oxygen atoms in total. The smallest absolute Gasteiger partial charge is 0.464 e. The first kappa shape index (κ1) is 14.5. The molecular formula is C13H19O5P. The highest BCUT2D eigenvalue weighted by atomic mass is 31.2. The van der Waals surface area contributed by atoms with E-state index < -0.39 is 14.1 Å². The Balaban J connectivity index is 2.00. The molecule has 0 amide bonds. The van der Waals surface area contributed by atoms with Crippen LogP contribution in [0, 0.1) is 0 Å². The van der Waals surface area contributed by atoms with Crippen molar-refractivity contribution in [2.24, 2.45) is 0 Å². The van der Waals surface area contributed by atoms with Crippen molar-refractivity contribution in [3.05, 3.63) is 30.3 Å². The first-order valence-electron chi connectivity index (χ1n) is 6.53. The first-order valence-corrected chi connectivity index (χ1v) is 8.03. The van der Waals surface area contributed by atoms with Crippen molar-refractivity contribution in [1.82, 2.24) is 0 Å². The molecule has 1 aromatic carbocycles. The third kappa shape index (κ3) is 5.33. The number of para-hydroxylation sites is 1. The molecule has 1 aliphatic rings. The lowest BCUT2D eigenvalue weighted by atomic mass is 10.1. The van der Waals surface area contributed by atoms with Gasteiger partial charge in [0.05, 0.1) is 6.61 Å². The van der Waals surface area contributed by atoms with Gasteiger partial charge in [-0.15, -0.1) is 0 Å². The molecule has 2 unspecified atom stereocenters. The quantitative estimate of drug-likeness (QED) is 0.843. The van der Waals surface area contributed by atoms with Gasteiger partial charge in [0.15, 0.2) is 0 Å². The monoisotopic (exact) mass is 286 g/mol. The molecule has 1 heterocycles. The number of phosphoric ester groups is 1. The van der Waals surface area contributed by atoms with E-state index in [9.17, 15) is 9.46 Å². The number of hydrogen-bond acceptors (Lipinski definition) is 4. The SMILES string of the molecule is O=P1(O)OCCCCCCC(Oc2ccccc2)O1. The van der Waals surface area contributed by atoms with E-state index in [0.717, 1.165) is 25.7 Å². The summed E-state index contributed by atoms with van der Waals surface area (Å²) < 4.78 is 27.3. The van der Waals surface area contributed by atoms with Gasteiger partial charge in [-0.05, 0) is 25.0 Å². The molecule has 0 radical (unpaired) electrons. The Labute approximate surface area is 113 Å². The first-order chi connectivity index (χ1) is 9.16.